The number of ether oxygens (including phenoxy) is 1. The van der Waals surface area contributed by atoms with Gasteiger partial charge in [0.05, 0.1) is 11.6 Å². The van der Waals surface area contributed by atoms with Gasteiger partial charge in [0.15, 0.2) is 0 Å². The first kappa shape index (κ1) is 17.3. The number of hydrogen-bond acceptors (Lipinski definition) is 3. The quantitative estimate of drug-likeness (QED) is 0.898. The van der Waals surface area contributed by atoms with E-state index in [0.29, 0.717) is 6.61 Å². The second-order valence-electron chi connectivity index (χ2n) is 6.29. The monoisotopic (exact) mass is 324 g/mol. The van der Waals surface area contributed by atoms with Crippen molar-refractivity contribution in [3.63, 3.8) is 0 Å². The molecule has 3 N–H and O–H groups in total. The molecule has 1 aliphatic heterocycles. The maximum absolute atomic E-state index is 12.6. The Morgan fingerprint density at radius 1 is 1.18 bits per heavy atom. The highest BCUT2D eigenvalue weighted by Crippen LogP contribution is 2.31. The lowest BCUT2D eigenvalue weighted by Crippen LogP contribution is -2.57. The van der Waals surface area contributed by atoms with E-state index in [4.69, 9.17) is 10.5 Å². The zero-order valence-electron chi connectivity index (χ0n) is 12.8. The maximum Gasteiger partial charge on any atom is 0.240 e. The molecule has 5 heteroatoms. The minimum atomic E-state index is -0.678. The third kappa shape index (κ3) is 3.62. The first-order valence-corrected chi connectivity index (χ1v) is 7.95. The summed E-state index contributed by atoms with van der Waals surface area (Å²) in [6.07, 6.45) is 5.67. The van der Waals surface area contributed by atoms with Crippen LogP contribution in [0.25, 0.3) is 0 Å². The first-order valence-electron chi connectivity index (χ1n) is 7.95. The molecule has 0 aromatic heterocycles. The van der Waals surface area contributed by atoms with E-state index in [-0.39, 0.29) is 30.5 Å². The van der Waals surface area contributed by atoms with Crippen LogP contribution in [0.1, 0.15) is 50.2 Å². The van der Waals surface area contributed by atoms with Gasteiger partial charge < -0.3 is 15.8 Å². The van der Waals surface area contributed by atoms with Crippen molar-refractivity contribution in [1.29, 1.82) is 0 Å². The van der Waals surface area contributed by atoms with Gasteiger partial charge in [0, 0.05) is 6.61 Å². The highest BCUT2D eigenvalue weighted by molar-refractivity contribution is 5.86. The second kappa shape index (κ2) is 7.44. The number of benzene rings is 1. The van der Waals surface area contributed by atoms with Crippen LogP contribution in [-0.4, -0.2) is 24.1 Å². The molecule has 122 valence electrons. The summed E-state index contributed by atoms with van der Waals surface area (Å²) in [5.41, 5.74) is 6.75. The molecule has 1 aliphatic carbocycles. The standard InChI is InChI=1S/C17H24N2O2.ClH/c18-17(10-5-2-6-11-17)16(20)19-14-9-12-21-15(14)13-7-3-1-4-8-13;/h1,3-4,7-8,14-15H,2,5-6,9-12,18H2,(H,19,20);1H. The fourth-order valence-electron chi connectivity index (χ4n) is 3.43. The van der Waals surface area contributed by atoms with Crippen LogP contribution in [-0.2, 0) is 9.53 Å². The van der Waals surface area contributed by atoms with Crippen LogP contribution in [0.5, 0.6) is 0 Å². The highest BCUT2D eigenvalue weighted by atomic mass is 35.5. The van der Waals surface area contributed by atoms with Crippen molar-refractivity contribution in [2.75, 3.05) is 6.61 Å². The molecule has 0 spiro atoms. The van der Waals surface area contributed by atoms with Gasteiger partial charge in [0.25, 0.3) is 0 Å². The van der Waals surface area contributed by atoms with Crippen LogP contribution < -0.4 is 11.1 Å². The normalized spacial score (nSPS) is 27.0. The largest absolute Gasteiger partial charge is 0.371 e. The van der Waals surface area contributed by atoms with E-state index in [1.54, 1.807) is 0 Å². The Balaban J connectivity index is 0.00000176. The van der Waals surface area contributed by atoms with E-state index >= 15 is 0 Å². The second-order valence-corrected chi connectivity index (χ2v) is 6.29. The minimum absolute atomic E-state index is 0. The fourth-order valence-corrected chi connectivity index (χ4v) is 3.43. The third-order valence-corrected chi connectivity index (χ3v) is 4.73. The summed E-state index contributed by atoms with van der Waals surface area (Å²) in [4.78, 5) is 12.6. The number of rotatable bonds is 3. The van der Waals surface area contributed by atoms with Crippen molar-refractivity contribution in [2.45, 2.75) is 56.2 Å². The number of amides is 1. The molecule has 2 fully saturated rings. The van der Waals surface area contributed by atoms with E-state index in [1.807, 2.05) is 30.3 Å². The summed E-state index contributed by atoms with van der Waals surface area (Å²) in [7, 11) is 0. The summed E-state index contributed by atoms with van der Waals surface area (Å²) in [5.74, 6) is -0.00127. The lowest BCUT2D eigenvalue weighted by molar-refractivity contribution is -0.128. The van der Waals surface area contributed by atoms with E-state index in [1.165, 1.54) is 6.42 Å². The van der Waals surface area contributed by atoms with Gasteiger partial charge in [-0.05, 0) is 24.8 Å². The smallest absolute Gasteiger partial charge is 0.240 e. The number of hydrogen-bond donors (Lipinski definition) is 2. The fraction of sp³-hybridized carbons (Fsp3) is 0.588. The SMILES string of the molecule is Cl.NC1(C(=O)NC2CCOC2c2ccccc2)CCCCC1. The summed E-state index contributed by atoms with van der Waals surface area (Å²) < 4.78 is 5.82. The van der Waals surface area contributed by atoms with E-state index in [2.05, 4.69) is 5.32 Å². The molecule has 2 atom stereocenters. The molecule has 22 heavy (non-hydrogen) atoms. The van der Waals surface area contributed by atoms with Gasteiger partial charge in [-0.3, -0.25) is 4.79 Å². The summed E-state index contributed by atoms with van der Waals surface area (Å²) in [5, 5.41) is 3.15. The summed E-state index contributed by atoms with van der Waals surface area (Å²) >= 11 is 0. The Morgan fingerprint density at radius 3 is 2.55 bits per heavy atom. The minimum Gasteiger partial charge on any atom is -0.371 e. The van der Waals surface area contributed by atoms with Gasteiger partial charge in [-0.25, -0.2) is 0 Å². The predicted molar refractivity (Wildman–Crippen MR) is 88.9 cm³/mol. The van der Waals surface area contributed by atoms with Gasteiger partial charge in [-0.1, -0.05) is 49.6 Å². The first-order chi connectivity index (χ1) is 10.2. The van der Waals surface area contributed by atoms with Gasteiger partial charge in [0.2, 0.25) is 5.91 Å². The number of nitrogens with one attached hydrogen (secondary N) is 1. The lowest BCUT2D eigenvalue weighted by Gasteiger charge is -2.33. The summed E-state index contributed by atoms with van der Waals surface area (Å²) in [6, 6.07) is 10.1. The molecule has 4 nitrogen and oxygen atoms in total. The van der Waals surface area contributed by atoms with E-state index < -0.39 is 5.54 Å². The molecule has 1 heterocycles. The summed E-state index contributed by atoms with van der Waals surface area (Å²) in [6.45, 7) is 0.683. The van der Waals surface area contributed by atoms with Crippen molar-refractivity contribution >= 4 is 18.3 Å². The van der Waals surface area contributed by atoms with Crippen molar-refractivity contribution in [3.05, 3.63) is 35.9 Å². The molecule has 1 saturated heterocycles. The maximum atomic E-state index is 12.6. The molecule has 1 saturated carbocycles. The molecule has 3 rings (SSSR count). The zero-order chi connectivity index (χ0) is 14.7. The Labute approximate surface area is 138 Å². The van der Waals surface area contributed by atoms with Gasteiger partial charge >= 0.3 is 0 Å². The van der Waals surface area contributed by atoms with Gasteiger partial charge in [-0.15, -0.1) is 12.4 Å². The molecule has 1 aromatic carbocycles. The van der Waals surface area contributed by atoms with Gasteiger partial charge in [0.1, 0.15) is 6.10 Å². The number of halogens is 1. The molecule has 2 unspecified atom stereocenters. The van der Waals surface area contributed by atoms with Crippen molar-refractivity contribution in [3.8, 4) is 0 Å². The zero-order valence-corrected chi connectivity index (χ0v) is 13.6. The number of carbonyl (C=O) groups excluding carboxylic acids is 1. The highest BCUT2D eigenvalue weighted by Gasteiger charge is 2.39. The van der Waals surface area contributed by atoms with Crippen LogP contribution in [0, 0.1) is 0 Å². The topological polar surface area (TPSA) is 64.4 Å². The van der Waals surface area contributed by atoms with Crippen LogP contribution >= 0.6 is 12.4 Å². The van der Waals surface area contributed by atoms with Crippen molar-refractivity contribution in [2.24, 2.45) is 5.73 Å². The van der Waals surface area contributed by atoms with Crippen LogP contribution in [0.15, 0.2) is 30.3 Å². The van der Waals surface area contributed by atoms with E-state index in [0.717, 1.165) is 37.7 Å². The Hall–Kier alpha value is -1.10. The number of carbonyl (C=O) groups is 1. The third-order valence-electron chi connectivity index (χ3n) is 4.73. The van der Waals surface area contributed by atoms with E-state index in [9.17, 15) is 4.79 Å². The van der Waals surface area contributed by atoms with Crippen molar-refractivity contribution in [1.82, 2.24) is 5.32 Å². The molecular formula is C17H25ClN2O2. The average Bonchev–Trinajstić information content (AvgIpc) is 2.97. The Bertz CT molecular complexity index is 489. The molecule has 0 bridgehead atoms. The molecular weight excluding hydrogens is 300 g/mol. The van der Waals surface area contributed by atoms with Crippen LogP contribution in [0.4, 0.5) is 0 Å². The molecule has 1 amide bonds. The number of nitrogens with two attached hydrogens (primary N) is 1. The average molecular weight is 325 g/mol. The molecule has 2 aliphatic rings. The van der Waals surface area contributed by atoms with Crippen LogP contribution in [0.3, 0.4) is 0 Å². The Kier molecular flexibility index (Phi) is 5.84. The lowest BCUT2D eigenvalue weighted by atomic mass is 9.81. The Morgan fingerprint density at radius 2 is 1.86 bits per heavy atom. The predicted octanol–water partition coefficient (Wildman–Crippen LogP) is 2.72. The van der Waals surface area contributed by atoms with Crippen LogP contribution in [0.2, 0.25) is 0 Å². The van der Waals surface area contributed by atoms with Crippen molar-refractivity contribution < 1.29 is 9.53 Å². The van der Waals surface area contributed by atoms with Gasteiger partial charge in [-0.2, -0.15) is 0 Å². The molecule has 0 radical (unpaired) electrons. The molecule has 1 aromatic rings.